The Bertz CT molecular complexity index is 322. The van der Waals surface area contributed by atoms with E-state index in [9.17, 15) is 9.59 Å². The van der Waals surface area contributed by atoms with Crippen molar-refractivity contribution in [1.29, 1.82) is 0 Å². The standard InChI is InChI=1S/C13H24N2O3/c1-8(2)7-10(11(16)18-9(3)4)15-12(17)13(14)5-6-13/h8-10H,5-7,14H2,1-4H3,(H,15,17)/t10-/m0/s1. The molecule has 0 unspecified atom stereocenters. The van der Waals surface area contributed by atoms with E-state index in [1.807, 2.05) is 13.8 Å². The molecule has 5 nitrogen and oxygen atoms in total. The molecule has 1 saturated carbocycles. The molecule has 1 fully saturated rings. The topological polar surface area (TPSA) is 81.4 Å². The molecule has 104 valence electrons. The van der Waals surface area contributed by atoms with Crippen LogP contribution in [0.2, 0.25) is 0 Å². The summed E-state index contributed by atoms with van der Waals surface area (Å²) in [4.78, 5) is 23.8. The first-order valence-electron chi connectivity index (χ1n) is 6.55. The molecule has 1 aliphatic rings. The fourth-order valence-electron chi connectivity index (χ4n) is 1.66. The smallest absolute Gasteiger partial charge is 0.328 e. The Kier molecular flexibility index (Phi) is 4.73. The van der Waals surface area contributed by atoms with Gasteiger partial charge in [-0.1, -0.05) is 13.8 Å². The van der Waals surface area contributed by atoms with E-state index in [-0.39, 0.29) is 18.0 Å². The minimum atomic E-state index is -0.757. The first-order chi connectivity index (χ1) is 8.24. The van der Waals surface area contributed by atoms with Gasteiger partial charge in [0.2, 0.25) is 5.91 Å². The largest absolute Gasteiger partial charge is 0.461 e. The van der Waals surface area contributed by atoms with Gasteiger partial charge in [-0.25, -0.2) is 4.79 Å². The van der Waals surface area contributed by atoms with Crippen molar-refractivity contribution < 1.29 is 14.3 Å². The van der Waals surface area contributed by atoms with Crippen LogP contribution in [0.3, 0.4) is 0 Å². The summed E-state index contributed by atoms with van der Waals surface area (Å²) in [5, 5.41) is 2.72. The molecular weight excluding hydrogens is 232 g/mol. The second-order valence-electron chi connectivity index (χ2n) is 5.80. The second-order valence-corrected chi connectivity index (χ2v) is 5.80. The lowest BCUT2D eigenvalue weighted by Gasteiger charge is -2.22. The van der Waals surface area contributed by atoms with Gasteiger partial charge >= 0.3 is 5.97 Å². The van der Waals surface area contributed by atoms with E-state index in [1.54, 1.807) is 13.8 Å². The number of carbonyl (C=O) groups is 2. The van der Waals surface area contributed by atoms with Crippen LogP contribution in [0.15, 0.2) is 0 Å². The van der Waals surface area contributed by atoms with Crippen LogP contribution >= 0.6 is 0 Å². The lowest BCUT2D eigenvalue weighted by Crippen LogP contribution is -2.51. The Morgan fingerprint density at radius 3 is 2.22 bits per heavy atom. The highest BCUT2D eigenvalue weighted by Crippen LogP contribution is 2.32. The maximum atomic E-state index is 11.9. The summed E-state index contributed by atoms with van der Waals surface area (Å²) in [5.74, 6) is -0.326. The third-order valence-corrected chi connectivity index (χ3v) is 2.89. The van der Waals surface area contributed by atoms with Crippen LogP contribution in [0.1, 0.15) is 47.0 Å². The van der Waals surface area contributed by atoms with Crippen molar-refractivity contribution in [2.45, 2.75) is 64.6 Å². The average molecular weight is 256 g/mol. The van der Waals surface area contributed by atoms with Gasteiger partial charge in [0.25, 0.3) is 0 Å². The molecule has 18 heavy (non-hydrogen) atoms. The van der Waals surface area contributed by atoms with Gasteiger partial charge in [0, 0.05) is 0 Å². The van der Waals surface area contributed by atoms with Crippen molar-refractivity contribution in [3.8, 4) is 0 Å². The number of hydrogen-bond acceptors (Lipinski definition) is 4. The summed E-state index contributed by atoms with van der Waals surface area (Å²) in [6.07, 6.45) is 1.75. The van der Waals surface area contributed by atoms with Crippen LogP contribution in [0.4, 0.5) is 0 Å². The van der Waals surface area contributed by atoms with Crippen LogP contribution < -0.4 is 11.1 Å². The van der Waals surface area contributed by atoms with Gasteiger partial charge in [-0.2, -0.15) is 0 Å². The molecule has 0 aliphatic heterocycles. The van der Waals surface area contributed by atoms with Crippen molar-refractivity contribution in [2.24, 2.45) is 11.7 Å². The van der Waals surface area contributed by atoms with Crippen LogP contribution in [0.25, 0.3) is 0 Å². The average Bonchev–Trinajstić information content (AvgIpc) is 2.95. The highest BCUT2D eigenvalue weighted by Gasteiger charge is 2.47. The Balaban J connectivity index is 2.60. The zero-order chi connectivity index (χ0) is 13.9. The van der Waals surface area contributed by atoms with E-state index in [0.29, 0.717) is 25.2 Å². The molecule has 1 rings (SSSR count). The Labute approximate surface area is 108 Å². The highest BCUT2D eigenvalue weighted by atomic mass is 16.5. The third kappa shape index (κ3) is 4.29. The lowest BCUT2D eigenvalue weighted by molar-refractivity contribution is -0.152. The van der Waals surface area contributed by atoms with Crippen LogP contribution in [-0.2, 0) is 14.3 Å². The zero-order valence-corrected chi connectivity index (χ0v) is 11.7. The molecule has 1 amide bonds. The van der Waals surface area contributed by atoms with Crippen molar-refractivity contribution in [3.63, 3.8) is 0 Å². The number of nitrogens with two attached hydrogens (primary N) is 1. The summed E-state index contributed by atoms with van der Waals surface area (Å²) in [6.45, 7) is 7.57. The molecule has 0 radical (unpaired) electrons. The number of rotatable bonds is 6. The van der Waals surface area contributed by atoms with E-state index >= 15 is 0 Å². The molecule has 0 heterocycles. The predicted octanol–water partition coefficient (Wildman–Crippen LogP) is 0.960. The summed E-state index contributed by atoms with van der Waals surface area (Å²) < 4.78 is 5.15. The molecular formula is C13H24N2O3. The highest BCUT2D eigenvalue weighted by molar-refractivity contribution is 5.92. The Hall–Kier alpha value is -1.10. The first-order valence-corrected chi connectivity index (χ1v) is 6.55. The molecule has 5 heteroatoms. The SMILES string of the molecule is CC(C)C[C@H](NC(=O)C1(N)CC1)C(=O)OC(C)C. The van der Waals surface area contributed by atoms with Gasteiger partial charge in [0.15, 0.2) is 0 Å². The molecule has 0 bridgehead atoms. The third-order valence-electron chi connectivity index (χ3n) is 2.89. The molecule has 3 N–H and O–H groups in total. The molecule has 0 aromatic heterocycles. The maximum Gasteiger partial charge on any atom is 0.328 e. The number of nitrogens with one attached hydrogen (secondary N) is 1. The summed E-state index contributed by atoms with van der Waals surface area (Å²) in [5.41, 5.74) is 5.05. The molecule has 0 aromatic rings. The van der Waals surface area contributed by atoms with E-state index in [0.717, 1.165) is 0 Å². The molecule has 0 spiro atoms. The Morgan fingerprint density at radius 2 is 1.83 bits per heavy atom. The van der Waals surface area contributed by atoms with Gasteiger partial charge in [-0.15, -0.1) is 0 Å². The molecule has 1 aliphatic carbocycles. The van der Waals surface area contributed by atoms with Crippen LogP contribution in [-0.4, -0.2) is 29.6 Å². The number of amides is 1. The maximum absolute atomic E-state index is 11.9. The lowest BCUT2D eigenvalue weighted by atomic mass is 10.0. The van der Waals surface area contributed by atoms with E-state index < -0.39 is 11.6 Å². The van der Waals surface area contributed by atoms with E-state index in [1.165, 1.54) is 0 Å². The number of hydrogen-bond donors (Lipinski definition) is 2. The molecule has 1 atom stereocenters. The van der Waals surface area contributed by atoms with Crippen molar-refractivity contribution >= 4 is 11.9 Å². The first kappa shape index (κ1) is 15.0. The van der Waals surface area contributed by atoms with Gasteiger partial charge in [0.1, 0.15) is 6.04 Å². The predicted molar refractivity (Wildman–Crippen MR) is 68.8 cm³/mol. The molecule has 0 aromatic carbocycles. The van der Waals surface area contributed by atoms with Gasteiger partial charge in [0.05, 0.1) is 11.6 Å². The minimum Gasteiger partial charge on any atom is -0.461 e. The van der Waals surface area contributed by atoms with Crippen LogP contribution in [0.5, 0.6) is 0 Å². The minimum absolute atomic E-state index is 0.183. The summed E-state index contributed by atoms with van der Waals surface area (Å²) in [6, 6.07) is -0.596. The van der Waals surface area contributed by atoms with Crippen molar-refractivity contribution in [3.05, 3.63) is 0 Å². The van der Waals surface area contributed by atoms with Gasteiger partial charge in [-0.05, 0) is 39.0 Å². The summed E-state index contributed by atoms with van der Waals surface area (Å²) >= 11 is 0. The van der Waals surface area contributed by atoms with Crippen LogP contribution in [0, 0.1) is 5.92 Å². The quantitative estimate of drug-likeness (QED) is 0.694. The van der Waals surface area contributed by atoms with Crippen molar-refractivity contribution in [2.75, 3.05) is 0 Å². The van der Waals surface area contributed by atoms with Crippen molar-refractivity contribution in [1.82, 2.24) is 5.32 Å². The second kappa shape index (κ2) is 5.69. The number of ether oxygens (including phenoxy) is 1. The van der Waals surface area contributed by atoms with E-state index in [4.69, 9.17) is 10.5 Å². The number of esters is 1. The molecule has 0 saturated heterocycles. The van der Waals surface area contributed by atoms with E-state index in [2.05, 4.69) is 5.32 Å². The normalized spacial score (nSPS) is 18.6. The summed E-state index contributed by atoms with van der Waals surface area (Å²) in [7, 11) is 0. The monoisotopic (exact) mass is 256 g/mol. The number of carbonyl (C=O) groups excluding carboxylic acids is 2. The fourth-order valence-corrected chi connectivity index (χ4v) is 1.66. The zero-order valence-electron chi connectivity index (χ0n) is 11.7. The van der Waals surface area contributed by atoms with Gasteiger partial charge < -0.3 is 15.8 Å². The Morgan fingerprint density at radius 1 is 1.28 bits per heavy atom. The van der Waals surface area contributed by atoms with Gasteiger partial charge in [-0.3, -0.25) is 4.79 Å². The fraction of sp³-hybridized carbons (Fsp3) is 0.846.